The number of nitrogens with one attached hydrogen (secondary N) is 1. The number of amides is 1. The zero-order chi connectivity index (χ0) is 23.7. The van der Waals surface area contributed by atoms with Crippen molar-refractivity contribution >= 4 is 23.1 Å². The van der Waals surface area contributed by atoms with Gasteiger partial charge in [0.25, 0.3) is 5.91 Å². The predicted octanol–water partition coefficient (Wildman–Crippen LogP) is 3.68. The van der Waals surface area contributed by atoms with Crippen molar-refractivity contribution in [1.29, 1.82) is 0 Å². The molecule has 0 spiro atoms. The molecule has 170 valence electrons. The van der Waals surface area contributed by atoms with E-state index in [1.807, 2.05) is 48.0 Å². The number of fused-ring (bicyclic) bond motifs is 1. The van der Waals surface area contributed by atoms with E-state index in [-0.39, 0.29) is 5.91 Å². The van der Waals surface area contributed by atoms with Gasteiger partial charge in [-0.25, -0.2) is 14.5 Å². The number of aromatic nitrogens is 6. The van der Waals surface area contributed by atoms with Crippen molar-refractivity contribution < 1.29 is 4.79 Å². The Morgan fingerprint density at radius 1 is 1.09 bits per heavy atom. The molecule has 5 aromatic rings. The van der Waals surface area contributed by atoms with Crippen molar-refractivity contribution in [3.8, 4) is 11.3 Å². The van der Waals surface area contributed by atoms with Crippen LogP contribution >= 0.6 is 0 Å². The molecule has 0 aliphatic rings. The maximum absolute atomic E-state index is 13.1. The number of nitrogen functional groups attached to an aromatic ring is 1. The molecule has 9 nitrogen and oxygen atoms in total. The van der Waals surface area contributed by atoms with E-state index in [4.69, 9.17) is 5.73 Å². The Hall–Kier alpha value is -4.53. The fraction of sp³-hybridized carbons (Fsp3) is 0.160. The summed E-state index contributed by atoms with van der Waals surface area (Å²) in [6, 6.07) is 14.0. The number of anilines is 2. The van der Waals surface area contributed by atoms with E-state index in [1.54, 1.807) is 24.0 Å². The highest BCUT2D eigenvalue weighted by molar-refractivity contribution is 6.05. The summed E-state index contributed by atoms with van der Waals surface area (Å²) >= 11 is 0. The number of carbonyl (C=O) groups excluding carboxylic acids is 1. The van der Waals surface area contributed by atoms with E-state index in [0.29, 0.717) is 22.9 Å². The number of imidazole rings is 1. The van der Waals surface area contributed by atoms with Gasteiger partial charge in [0, 0.05) is 24.5 Å². The molecule has 34 heavy (non-hydrogen) atoms. The van der Waals surface area contributed by atoms with Gasteiger partial charge in [0.05, 0.1) is 23.3 Å². The summed E-state index contributed by atoms with van der Waals surface area (Å²) < 4.78 is 3.68. The van der Waals surface area contributed by atoms with E-state index in [0.717, 1.165) is 35.3 Å². The molecule has 0 aliphatic heterocycles. The van der Waals surface area contributed by atoms with Gasteiger partial charge in [0.2, 0.25) is 0 Å². The summed E-state index contributed by atoms with van der Waals surface area (Å²) in [6.45, 7) is 4.52. The molecule has 0 fully saturated rings. The van der Waals surface area contributed by atoms with Gasteiger partial charge >= 0.3 is 0 Å². The minimum Gasteiger partial charge on any atom is -0.382 e. The topological polar surface area (TPSA) is 116 Å². The van der Waals surface area contributed by atoms with Gasteiger partial charge in [-0.05, 0) is 43.5 Å². The molecule has 0 radical (unpaired) electrons. The molecular weight excluding hydrogens is 428 g/mol. The fourth-order valence-corrected chi connectivity index (χ4v) is 4.00. The molecule has 4 heterocycles. The molecule has 1 aromatic carbocycles. The van der Waals surface area contributed by atoms with Crippen LogP contribution in [0.2, 0.25) is 0 Å². The molecule has 3 N–H and O–H groups in total. The van der Waals surface area contributed by atoms with E-state index >= 15 is 0 Å². The summed E-state index contributed by atoms with van der Waals surface area (Å²) in [4.78, 5) is 25.9. The zero-order valence-electron chi connectivity index (χ0n) is 18.9. The molecule has 1 amide bonds. The normalized spacial score (nSPS) is 11.1. The second-order valence-electron chi connectivity index (χ2n) is 8.16. The van der Waals surface area contributed by atoms with Crippen LogP contribution in [0.5, 0.6) is 0 Å². The Morgan fingerprint density at radius 3 is 2.74 bits per heavy atom. The number of hydrogen-bond donors (Lipinski definition) is 2. The van der Waals surface area contributed by atoms with Gasteiger partial charge in [-0.3, -0.25) is 9.78 Å². The summed E-state index contributed by atoms with van der Waals surface area (Å²) in [5, 5.41) is 7.21. The van der Waals surface area contributed by atoms with Crippen LogP contribution in [-0.4, -0.2) is 35.0 Å². The minimum absolute atomic E-state index is 0.271. The van der Waals surface area contributed by atoms with Crippen molar-refractivity contribution in [1.82, 2.24) is 29.1 Å². The molecule has 0 saturated heterocycles. The van der Waals surface area contributed by atoms with Crippen LogP contribution in [-0.2, 0) is 13.0 Å². The molecule has 5 rings (SSSR count). The molecule has 0 unspecified atom stereocenters. The van der Waals surface area contributed by atoms with Gasteiger partial charge in [-0.15, -0.1) is 0 Å². The minimum atomic E-state index is -0.271. The highest BCUT2D eigenvalue weighted by Crippen LogP contribution is 2.28. The van der Waals surface area contributed by atoms with Crippen molar-refractivity contribution in [2.75, 3.05) is 11.1 Å². The van der Waals surface area contributed by atoms with Gasteiger partial charge in [-0.2, -0.15) is 5.10 Å². The van der Waals surface area contributed by atoms with Crippen LogP contribution in [0.1, 0.15) is 27.2 Å². The highest BCUT2D eigenvalue weighted by atomic mass is 16.1. The molecule has 0 atom stereocenters. The lowest BCUT2D eigenvalue weighted by molar-refractivity contribution is 0.102. The Morgan fingerprint density at radius 2 is 1.91 bits per heavy atom. The summed E-state index contributed by atoms with van der Waals surface area (Å²) in [7, 11) is 0. The van der Waals surface area contributed by atoms with Crippen LogP contribution in [0.3, 0.4) is 0 Å². The van der Waals surface area contributed by atoms with Crippen LogP contribution < -0.4 is 11.1 Å². The van der Waals surface area contributed by atoms with Crippen molar-refractivity contribution in [2.45, 2.75) is 26.8 Å². The van der Waals surface area contributed by atoms with Gasteiger partial charge in [0.1, 0.15) is 11.8 Å². The summed E-state index contributed by atoms with van der Waals surface area (Å²) in [5.41, 5.74) is 11.6. The number of benzene rings is 1. The Balaban J connectivity index is 1.36. The van der Waals surface area contributed by atoms with Gasteiger partial charge in [0.15, 0.2) is 11.6 Å². The fourth-order valence-electron chi connectivity index (χ4n) is 4.00. The maximum atomic E-state index is 13.1. The Bertz CT molecular complexity index is 1490. The molecule has 0 saturated carbocycles. The quantitative estimate of drug-likeness (QED) is 0.406. The van der Waals surface area contributed by atoms with Gasteiger partial charge in [-0.1, -0.05) is 30.3 Å². The SMILES string of the molecule is Cc1ncc(-c2cc(C)c3c(N)ncnn23)cc1C(=O)Nc1cn(CCc2ccccc2)cn1. The van der Waals surface area contributed by atoms with E-state index in [9.17, 15) is 4.79 Å². The molecule has 4 aromatic heterocycles. The summed E-state index contributed by atoms with van der Waals surface area (Å²) in [5.74, 6) is 0.624. The third kappa shape index (κ3) is 4.11. The molecule has 0 bridgehead atoms. The average molecular weight is 453 g/mol. The Labute approximate surface area is 196 Å². The van der Waals surface area contributed by atoms with Crippen LogP contribution in [0.15, 0.2) is 67.5 Å². The van der Waals surface area contributed by atoms with Crippen LogP contribution in [0.4, 0.5) is 11.6 Å². The van der Waals surface area contributed by atoms with Crippen LogP contribution in [0, 0.1) is 13.8 Å². The van der Waals surface area contributed by atoms with Crippen molar-refractivity contribution in [2.24, 2.45) is 0 Å². The maximum Gasteiger partial charge on any atom is 0.258 e. The Kier molecular flexibility index (Phi) is 5.51. The third-order valence-electron chi connectivity index (χ3n) is 5.78. The predicted molar refractivity (Wildman–Crippen MR) is 130 cm³/mol. The van der Waals surface area contributed by atoms with E-state index in [1.165, 1.54) is 11.9 Å². The average Bonchev–Trinajstić information content (AvgIpc) is 3.43. The number of carbonyl (C=O) groups is 1. The second kappa shape index (κ2) is 8.78. The molecule has 0 aliphatic carbocycles. The van der Waals surface area contributed by atoms with Crippen molar-refractivity contribution in [3.63, 3.8) is 0 Å². The molecular formula is C25H24N8O. The standard InChI is InChI=1S/C25H24N8O/c1-16-10-21(33-23(16)24(26)28-14-30-33)19-11-20(17(2)27-12-19)25(34)31-22-13-32(15-29-22)9-8-18-6-4-3-5-7-18/h3-7,10-15H,8-9H2,1-2H3,(H,31,34)(H2,26,28,30). The largest absolute Gasteiger partial charge is 0.382 e. The first kappa shape index (κ1) is 21.3. The number of hydrogen-bond acceptors (Lipinski definition) is 6. The number of nitrogens with two attached hydrogens (primary N) is 1. The second-order valence-corrected chi connectivity index (χ2v) is 8.16. The lowest BCUT2D eigenvalue weighted by Gasteiger charge is -2.08. The summed E-state index contributed by atoms with van der Waals surface area (Å²) in [6.07, 6.45) is 7.57. The van der Waals surface area contributed by atoms with Crippen LogP contribution in [0.25, 0.3) is 16.8 Å². The van der Waals surface area contributed by atoms with E-state index in [2.05, 4.69) is 37.5 Å². The first-order chi connectivity index (χ1) is 16.5. The van der Waals surface area contributed by atoms with Gasteiger partial charge < -0.3 is 15.6 Å². The monoisotopic (exact) mass is 452 g/mol. The zero-order valence-corrected chi connectivity index (χ0v) is 18.9. The number of aryl methyl sites for hydroxylation is 4. The first-order valence-electron chi connectivity index (χ1n) is 10.9. The lowest BCUT2D eigenvalue weighted by Crippen LogP contribution is -2.14. The van der Waals surface area contributed by atoms with Crippen molar-refractivity contribution in [3.05, 3.63) is 89.9 Å². The number of rotatable bonds is 6. The third-order valence-corrected chi connectivity index (χ3v) is 5.78. The molecule has 9 heteroatoms. The number of pyridine rings is 1. The lowest BCUT2D eigenvalue weighted by atomic mass is 10.1. The smallest absolute Gasteiger partial charge is 0.258 e. The first-order valence-corrected chi connectivity index (χ1v) is 10.9. The highest BCUT2D eigenvalue weighted by Gasteiger charge is 2.17. The van der Waals surface area contributed by atoms with E-state index < -0.39 is 0 Å². The number of nitrogens with zero attached hydrogens (tertiary/aromatic N) is 6.